The molecule has 0 bridgehead atoms. The molecule has 2 rings (SSSR count). The molecule has 5 heteroatoms. The van der Waals surface area contributed by atoms with Gasteiger partial charge in [-0.2, -0.15) is 0 Å². The van der Waals surface area contributed by atoms with Crippen LogP contribution >= 0.6 is 15.9 Å². The van der Waals surface area contributed by atoms with Crippen LogP contribution < -0.4 is 5.32 Å². The van der Waals surface area contributed by atoms with Crippen molar-refractivity contribution in [2.24, 2.45) is 5.92 Å². The van der Waals surface area contributed by atoms with E-state index in [-0.39, 0.29) is 10.6 Å². The summed E-state index contributed by atoms with van der Waals surface area (Å²) in [5, 5.41) is 14.2. The van der Waals surface area contributed by atoms with Gasteiger partial charge in [0.15, 0.2) is 0 Å². The van der Waals surface area contributed by atoms with E-state index >= 15 is 0 Å². The van der Waals surface area contributed by atoms with Gasteiger partial charge in [0.1, 0.15) is 0 Å². The van der Waals surface area contributed by atoms with Crippen molar-refractivity contribution < 1.29 is 4.92 Å². The predicted octanol–water partition coefficient (Wildman–Crippen LogP) is 4.35. The summed E-state index contributed by atoms with van der Waals surface area (Å²) in [7, 11) is 0. The van der Waals surface area contributed by atoms with Crippen molar-refractivity contribution in [1.29, 1.82) is 0 Å². The number of benzene rings is 1. The van der Waals surface area contributed by atoms with Crippen LogP contribution in [0.15, 0.2) is 22.7 Å². The first kappa shape index (κ1) is 13.3. The van der Waals surface area contributed by atoms with Gasteiger partial charge >= 0.3 is 0 Å². The molecule has 0 saturated heterocycles. The summed E-state index contributed by atoms with van der Waals surface area (Å²) >= 11 is 3.24. The van der Waals surface area contributed by atoms with Gasteiger partial charge in [-0.15, -0.1) is 0 Å². The zero-order valence-electron chi connectivity index (χ0n) is 10.4. The van der Waals surface area contributed by atoms with Gasteiger partial charge < -0.3 is 5.32 Å². The highest BCUT2D eigenvalue weighted by atomic mass is 79.9. The molecule has 0 unspecified atom stereocenters. The van der Waals surface area contributed by atoms with Crippen LogP contribution in [-0.4, -0.2) is 11.0 Å². The van der Waals surface area contributed by atoms with Crippen LogP contribution in [0.1, 0.15) is 32.6 Å². The van der Waals surface area contributed by atoms with Gasteiger partial charge in [0.2, 0.25) is 0 Å². The Bertz CT molecular complexity index is 443. The molecular weight excluding hydrogens is 296 g/mol. The van der Waals surface area contributed by atoms with Crippen LogP contribution in [0.25, 0.3) is 0 Å². The second-order valence-electron chi connectivity index (χ2n) is 5.02. The Morgan fingerprint density at radius 1 is 1.33 bits per heavy atom. The lowest BCUT2D eigenvalue weighted by molar-refractivity contribution is -0.385. The number of anilines is 1. The first-order chi connectivity index (χ1) is 8.56. The fraction of sp³-hybridized carbons (Fsp3) is 0.538. The van der Waals surface area contributed by atoms with Gasteiger partial charge in [0.25, 0.3) is 5.69 Å². The van der Waals surface area contributed by atoms with Crippen molar-refractivity contribution in [2.75, 3.05) is 5.32 Å². The van der Waals surface area contributed by atoms with Crippen molar-refractivity contribution in [2.45, 2.75) is 38.6 Å². The van der Waals surface area contributed by atoms with E-state index in [4.69, 9.17) is 0 Å². The predicted molar refractivity (Wildman–Crippen MR) is 75.8 cm³/mol. The monoisotopic (exact) mass is 312 g/mol. The van der Waals surface area contributed by atoms with Crippen molar-refractivity contribution in [1.82, 2.24) is 0 Å². The molecule has 1 aliphatic rings. The van der Waals surface area contributed by atoms with Crippen molar-refractivity contribution in [3.63, 3.8) is 0 Å². The van der Waals surface area contributed by atoms with Gasteiger partial charge in [-0.25, -0.2) is 0 Å². The van der Waals surface area contributed by atoms with Gasteiger partial charge in [-0.3, -0.25) is 10.1 Å². The van der Waals surface area contributed by atoms with Crippen LogP contribution in [0.4, 0.5) is 11.4 Å². The van der Waals surface area contributed by atoms with Crippen molar-refractivity contribution in [3.05, 3.63) is 32.8 Å². The van der Waals surface area contributed by atoms with E-state index in [1.54, 1.807) is 12.1 Å². The number of nitro groups is 1. The average Bonchev–Trinajstić information content (AvgIpc) is 2.32. The SMILES string of the molecule is CC1CCC(Nc2ccc([N+](=O)[O-])c(Br)c2)CC1. The van der Waals surface area contributed by atoms with E-state index < -0.39 is 0 Å². The van der Waals surface area contributed by atoms with Crippen LogP contribution in [0.3, 0.4) is 0 Å². The molecule has 4 nitrogen and oxygen atoms in total. The quantitative estimate of drug-likeness (QED) is 0.667. The number of hydrogen-bond acceptors (Lipinski definition) is 3. The summed E-state index contributed by atoms with van der Waals surface area (Å²) in [5.74, 6) is 0.826. The van der Waals surface area contributed by atoms with E-state index in [1.165, 1.54) is 31.7 Å². The second-order valence-corrected chi connectivity index (χ2v) is 5.88. The molecule has 1 aromatic rings. The lowest BCUT2D eigenvalue weighted by Crippen LogP contribution is -2.25. The molecule has 1 saturated carbocycles. The Hall–Kier alpha value is -1.10. The summed E-state index contributed by atoms with van der Waals surface area (Å²) in [6, 6.07) is 5.60. The summed E-state index contributed by atoms with van der Waals surface area (Å²) in [6.45, 7) is 2.29. The highest BCUT2D eigenvalue weighted by Gasteiger charge is 2.19. The zero-order valence-corrected chi connectivity index (χ0v) is 11.9. The Morgan fingerprint density at radius 3 is 2.56 bits per heavy atom. The van der Waals surface area contributed by atoms with Gasteiger partial charge in [-0.1, -0.05) is 6.92 Å². The van der Waals surface area contributed by atoms with Crippen LogP contribution in [0, 0.1) is 16.0 Å². The third-order valence-electron chi connectivity index (χ3n) is 3.53. The Balaban J connectivity index is 2.02. The minimum absolute atomic E-state index is 0.109. The lowest BCUT2D eigenvalue weighted by atomic mass is 9.87. The molecule has 1 aliphatic carbocycles. The highest BCUT2D eigenvalue weighted by molar-refractivity contribution is 9.10. The number of nitrogens with zero attached hydrogens (tertiary/aromatic N) is 1. The van der Waals surface area contributed by atoms with E-state index in [0.717, 1.165) is 11.6 Å². The number of nitro benzene ring substituents is 1. The first-order valence-electron chi connectivity index (χ1n) is 6.26. The van der Waals surface area contributed by atoms with E-state index in [2.05, 4.69) is 28.2 Å². The fourth-order valence-corrected chi connectivity index (χ4v) is 2.91. The highest BCUT2D eigenvalue weighted by Crippen LogP contribution is 2.30. The Morgan fingerprint density at radius 2 is 2.00 bits per heavy atom. The minimum Gasteiger partial charge on any atom is -0.382 e. The third kappa shape index (κ3) is 3.22. The molecular formula is C13H17BrN2O2. The number of rotatable bonds is 3. The number of halogens is 1. The summed E-state index contributed by atoms with van der Waals surface area (Å²) < 4.78 is 0.529. The molecule has 18 heavy (non-hydrogen) atoms. The van der Waals surface area contributed by atoms with Gasteiger partial charge in [0.05, 0.1) is 9.40 Å². The second kappa shape index (κ2) is 5.69. The molecule has 1 aromatic carbocycles. The van der Waals surface area contributed by atoms with Crippen LogP contribution in [-0.2, 0) is 0 Å². The third-order valence-corrected chi connectivity index (χ3v) is 4.17. The summed E-state index contributed by atoms with van der Waals surface area (Å²) in [6.07, 6.45) is 4.86. The maximum Gasteiger partial charge on any atom is 0.283 e. The van der Waals surface area contributed by atoms with E-state index in [9.17, 15) is 10.1 Å². The minimum atomic E-state index is -0.379. The van der Waals surface area contributed by atoms with Crippen LogP contribution in [0.2, 0.25) is 0 Å². The smallest absolute Gasteiger partial charge is 0.283 e. The van der Waals surface area contributed by atoms with Gasteiger partial charge in [-0.05, 0) is 59.7 Å². The van der Waals surface area contributed by atoms with Crippen molar-refractivity contribution >= 4 is 27.3 Å². The molecule has 0 aromatic heterocycles. The molecule has 0 amide bonds. The molecule has 0 atom stereocenters. The normalized spacial score (nSPS) is 23.7. The van der Waals surface area contributed by atoms with E-state index in [0.29, 0.717) is 10.5 Å². The first-order valence-corrected chi connectivity index (χ1v) is 7.06. The zero-order chi connectivity index (χ0) is 13.1. The topological polar surface area (TPSA) is 55.2 Å². The number of hydrogen-bond donors (Lipinski definition) is 1. The Kier molecular flexibility index (Phi) is 4.22. The average molecular weight is 313 g/mol. The lowest BCUT2D eigenvalue weighted by Gasteiger charge is -2.27. The Labute approximate surface area is 115 Å². The number of nitrogens with one attached hydrogen (secondary N) is 1. The summed E-state index contributed by atoms with van der Waals surface area (Å²) in [5.41, 5.74) is 1.06. The standard InChI is InChI=1S/C13H17BrN2O2/c1-9-2-4-10(5-3-9)15-11-6-7-13(16(17)18)12(14)8-11/h6-10,15H,2-5H2,1H3. The maximum atomic E-state index is 10.7. The molecule has 1 fully saturated rings. The molecule has 0 heterocycles. The molecule has 98 valence electrons. The molecule has 1 N–H and O–H groups in total. The molecule has 0 aliphatic heterocycles. The van der Waals surface area contributed by atoms with Gasteiger partial charge in [0, 0.05) is 17.8 Å². The van der Waals surface area contributed by atoms with Crippen LogP contribution in [0.5, 0.6) is 0 Å². The summed E-state index contributed by atoms with van der Waals surface area (Å²) in [4.78, 5) is 10.3. The maximum absolute atomic E-state index is 10.7. The largest absolute Gasteiger partial charge is 0.382 e. The van der Waals surface area contributed by atoms with Crippen molar-refractivity contribution in [3.8, 4) is 0 Å². The fourth-order valence-electron chi connectivity index (χ4n) is 2.38. The van der Waals surface area contributed by atoms with E-state index in [1.807, 2.05) is 0 Å². The molecule has 0 spiro atoms. The molecule has 0 radical (unpaired) electrons.